The normalized spacial score (nSPS) is 12.0. The first-order valence-corrected chi connectivity index (χ1v) is 8.11. The van der Waals surface area contributed by atoms with Crippen molar-refractivity contribution in [1.82, 2.24) is 20.1 Å². The molecule has 0 aliphatic rings. The molecule has 1 aromatic carbocycles. The molecule has 3 rings (SSSR count). The van der Waals surface area contributed by atoms with Gasteiger partial charge in [0.25, 0.3) is 0 Å². The van der Waals surface area contributed by atoms with Crippen LogP contribution in [0.2, 0.25) is 0 Å². The van der Waals surface area contributed by atoms with Gasteiger partial charge in [-0.2, -0.15) is 5.10 Å². The zero-order chi connectivity index (χ0) is 16.6. The molecule has 1 atom stereocenters. The molecule has 5 nitrogen and oxygen atoms in total. The van der Waals surface area contributed by atoms with Gasteiger partial charge in [-0.25, -0.2) is 0 Å². The zero-order valence-corrected chi connectivity index (χ0v) is 13.8. The van der Waals surface area contributed by atoms with E-state index in [1.54, 1.807) is 12.4 Å². The second kappa shape index (κ2) is 8.26. The van der Waals surface area contributed by atoms with Crippen molar-refractivity contribution in [2.24, 2.45) is 0 Å². The molecule has 0 unspecified atom stereocenters. The molecule has 2 aromatic heterocycles. The van der Waals surface area contributed by atoms with Gasteiger partial charge < -0.3 is 10.1 Å². The monoisotopic (exact) mass is 322 g/mol. The minimum absolute atomic E-state index is 0.353. The summed E-state index contributed by atoms with van der Waals surface area (Å²) < 4.78 is 7.71. The van der Waals surface area contributed by atoms with Crippen LogP contribution in [0.1, 0.15) is 18.1 Å². The summed E-state index contributed by atoms with van der Waals surface area (Å²) in [4.78, 5) is 4.08. The minimum atomic E-state index is 0.353. The molecule has 0 saturated carbocycles. The van der Waals surface area contributed by atoms with Gasteiger partial charge in [-0.15, -0.1) is 0 Å². The highest BCUT2D eigenvalue weighted by Crippen LogP contribution is 2.14. The molecule has 0 bridgehead atoms. The summed E-state index contributed by atoms with van der Waals surface area (Å²) in [5.41, 5.74) is 2.30. The number of ether oxygens (including phenoxy) is 1. The quantitative estimate of drug-likeness (QED) is 0.692. The maximum absolute atomic E-state index is 5.77. The van der Waals surface area contributed by atoms with Crippen molar-refractivity contribution in [2.75, 3.05) is 0 Å². The van der Waals surface area contributed by atoms with Crippen LogP contribution in [-0.4, -0.2) is 20.8 Å². The number of hydrogen-bond acceptors (Lipinski definition) is 4. The van der Waals surface area contributed by atoms with Crippen LogP contribution in [-0.2, 0) is 19.7 Å². The lowest BCUT2D eigenvalue weighted by Gasteiger charge is -2.14. The summed E-state index contributed by atoms with van der Waals surface area (Å²) in [6.45, 7) is 4.38. The first-order chi connectivity index (χ1) is 11.8. The summed E-state index contributed by atoms with van der Waals surface area (Å²) in [5.74, 6) is 0.868. The standard InChI is InChI=1S/C19H22N4O/c1-16(14-23-11-3-10-22-23)21-13-17-5-7-19(8-6-17)24-15-18-4-2-9-20-12-18/h2-12,16,21H,13-15H2,1H3/t16-/m0/s1. The fourth-order valence-electron chi connectivity index (χ4n) is 2.40. The third-order valence-electron chi connectivity index (χ3n) is 3.73. The topological polar surface area (TPSA) is 52.0 Å². The Morgan fingerprint density at radius 1 is 1.08 bits per heavy atom. The van der Waals surface area contributed by atoms with E-state index in [2.05, 4.69) is 34.5 Å². The first-order valence-electron chi connectivity index (χ1n) is 8.11. The van der Waals surface area contributed by atoms with Gasteiger partial charge >= 0.3 is 0 Å². The summed E-state index contributed by atoms with van der Waals surface area (Å²) >= 11 is 0. The van der Waals surface area contributed by atoms with Gasteiger partial charge in [0.1, 0.15) is 12.4 Å². The number of benzene rings is 1. The SMILES string of the molecule is C[C@@H](Cn1cccn1)NCc1ccc(OCc2cccnc2)cc1. The molecule has 24 heavy (non-hydrogen) atoms. The van der Waals surface area contributed by atoms with Crippen LogP contribution >= 0.6 is 0 Å². The zero-order valence-electron chi connectivity index (χ0n) is 13.8. The number of hydrogen-bond donors (Lipinski definition) is 1. The van der Waals surface area contributed by atoms with Crippen LogP contribution in [0.25, 0.3) is 0 Å². The van der Waals surface area contributed by atoms with Crippen LogP contribution in [0.15, 0.2) is 67.3 Å². The van der Waals surface area contributed by atoms with E-state index in [0.717, 1.165) is 24.4 Å². The van der Waals surface area contributed by atoms with Crippen LogP contribution in [0.5, 0.6) is 5.75 Å². The van der Waals surface area contributed by atoms with Gasteiger partial charge in [-0.1, -0.05) is 18.2 Å². The highest BCUT2D eigenvalue weighted by atomic mass is 16.5. The highest BCUT2D eigenvalue weighted by molar-refractivity contribution is 5.27. The molecule has 0 saturated heterocycles. The van der Waals surface area contributed by atoms with Crippen LogP contribution in [0, 0.1) is 0 Å². The molecule has 5 heteroatoms. The molecule has 0 aliphatic heterocycles. The third-order valence-corrected chi connectivity index (χ3v) is 3.73. The van der Waals surface area contributed by atoms with E-state index in [1.165, 1.54) is 5.56 Å². The van der Waals surface area contributed by atoms with Gasteiger partial charge in [-0.3, -0.25) is 9.67 Å². The summed E-state index contributed by atoms with van der Waals surface area (Å²) in [6, 6.07) is 14.4. The second-order valence-electron chi connectivity index (χ2n) is 5.80. The number of pyridine rings is 1. The van der Waals surface area contributed by atoms with Crippen molar-refractivity contribution in [1.29, 1.82) is 0 Å². The van der Waals surface area contributed by atoms with Crippen molar-refractivity contribution >= 4 is 0 Å². The maximum atomic E-state index is 5.77. The van der Waals surface area contributed by atoms with Crippen molar-refractivity contribution in [2.45, 2.75) is 32.7 Å². The molecule has 0 amide bonds. The first kappa shape index (κ1) is 16.2. The summed E-state index contributed by atoms with van der Waals surface area (Å²) in [7, 11) is 0. The maximum Gasteiger partial charge on any atom is 0.119 e. The fraction of sp³-hybridized carbons (Fsp3) is 0.263. The molecule has 0 aliphatic carbocycles. The van der Waals surface area contributed by atoms with Gasteiger partial charge in [0.2, 0.25) is 0 Å². The predicted octanol–water partition coefficient (Wildman–Crippen LogP) is 3.04. The number of aromatic nitrogens is 3. The lowest BCUT2D eigenvalue weighted by atomic mass is 10.2. The minimum Gasteiger partial charge on any atom is -0.489 e. The van der Waals surface area contributed by atoms with E-state index in [-0.39, 0.29) is 0 Å². The Morgan fingerprint density at radius 3 is 2.67 bits per heavy atom. The molecular formula is C19H22N4O. The van der Waals surface area contributed by atoms with E-state index in [4.69, 9.17) is 4.74 Å². The van der Waals surface area contributed by atoms with Gasteiger partial charge in [0.15, 0.2) is 0 Å². The van der Waals surface area contributed by atoms with Crippen molar-refractivity contribution < 1.29 is 4.74 Å². The Labute approximate surface area is 142 Å². The largest absolute Gasteiger partial charge is 0.489 e. The molecule has 0 radical (unpaired) electrons. The Kier molecular flexibility index (Phi) is 5.58. The smallest absolute Gasteiger partial charge is 0.119 e. The van der Waals surface area contributed by atoms with Crippen LogP contribution in [0.3, 0.4) is 0 Å². The van der Waals surface area contributed by atoms with Crippen LogP contribution < -0.4 is 10.1 Å². The molecule has 3 aromatic rings. The highest BCUT2D eigenvalue weighted by Gasteiger charge is 2.03. The van der Waals surface area contributed by atoms with E-state index < -0.39 is 0 Å². The lowest BCUT2D eigenvalue weighted by molar-refractivity contribution is 0.305. The van der Waals surface area contributed by atoms with Crippen molar-refractivity contribution in [3.63, 3.8) is 0 Å². The summed E-state index contributed by atoms with van der Waals surface area (Å²) in [5, 5.41) is 7.73. The van der Waals surface area contributed by atoms with E-state index >= 15 is 0 Å². The van der Waals surface area contributed by atoms with Crippen molar-refractivity contribution in [3.05, 3.63) is 78.4 Å². The van der Waals surface area contributed by atoms with E-state index in [9.17, 15) is 0 Å². The Balaban J connectivity index is 1.44. The Bertz CT molecular complexity index is 711. The van der Waals surface area contributed by atoms with Crippen LogP contribution in [0.4, 0.5) is 0 Å². The molecule has 0 fully saturated rings. The third kappa shape index (κ3) is 4.93. The second-order valence-corrected chi connectivity index (χ2v) is 5.80. The molecule has 1 N–H and O–H groups in total. The average Bonchev–Trinajstić information content (AvgIpc) is 3.13. The summed E-state index contributed by atoms with van der Waals surface area (Å²) in [6.07, 6.45) is 7.36. The van der Waals surface area contributed by atoms with Gasteiger partial charge in [0, 0.05) is 42.9 Å². The Morgan fingerprint density at radius 2 is 1.96 bits per heavy atom. The van der Waals surface area contributed by atoms with Gasteiger partial charge in [-0.05, 0) is 36.8 Å². The molecule has 0 spiro atoms. The van der Waals surface area contributed by atoms with E-state index in [0.29, 0.717) is 12.6 Å². The number of nitrogens with one attached hydrogen (secondary N) is 1. The number of nitrogens with zero attached hydrogens (tertiary/aromatic N) is 3. The Hall–Kier alpha value is -2.66. The predicted molar refractivity (Wildman–Crippen MR) is 93.5 cm³/mol. The van der Waals surface area contributed by atoms with Crippen molar-refractivity contribution in [3.8, 4) is 5.75 Å². The molecular weight excluding hydrogens is 300 g/mol. The van der Waals surface area contributed by atoms with E-state index in [1.807, 2.05) is 47.4 Å². The fourth-order valence-corrected chi connectivity index (χ4v) is 2.40. The molecule has 124 valence electrons. The number of rotatable bonds is 8. The average molecular weight is 322 g/mol. The molecule has 2 heterocycles. The lowest BCUT2D eigenvalue weighted by Crippen LogP contribution is -2.30. The van der Waals surface area contributed by atoms with Gasteiger partial charge in [0.05, 0.1) is 6.54 Å².